The summed E-state index contributed by atoms with van der Waals surface area (Å²) in [5.41, 5.74) is 2.15. The lowest BCUT2D eigenvalue weighted by atomic mass is 10.2. The van der Waals surface area contributed by atoms with Gasteiger partial charge >= 0.3 is 0 Å². The summed E-state index contributed by atoms with van der Waals surface area (Å²) >= 11 is 3.46. The average Bonchev–Trinajstić information content (AvgIpc) is 2.40. The maximum atomic E-state index is 9.75. The molecule has 1 aromatic rings. The van der Waals surface area contributed by atoms with Gasteiger partial charge in [0.05, 0.1) is 25.9 Å². The molecule has 0 amide bonds. The lowest BCUT2D eigenvalue weighted by Gasteiger charge is -2.14. The van der Waals surface area contributed by atoms with Crippen molar-refractivity contribution in [2.24, 2.45) is 0 Å². The second kappa shape index (κ2) is 9.31. The SMILES string of the molecule is CCOCCOCC(O)CNc1ccc(Br)c(C)c1. The summed E-state index contributed by atoms with van der Waals surface area (Å²) in [6.07, 6.45) is -0.523. The van der Waals surface area contributed by atoms with E-state index in [2.05, 4.69) is 21.2 Å². The fraction of sp³-hybridized carbons (Fsp3) is 0.571. The second-order valence-corrected chi connectivity index (χ2v) is 5.12. The topological polar surface area (TPSA) is 50.7 Å². The zero-order valence-electron chi connectivity index (χ0n) is 11.5. The maximum Gasteiger partial charge on any atom is 0.0945 e. The van der Waals surface area contributed by atoms with Crippen LogP contribution in [0.25, 0.3) is 0 Å². The molecule has 0 radical (unpaired) electrons. The number of aliphatic hydroxyl groups is 1. The quantitative estimate of drug-likeness (QED) is 0.683. The molecule has 108 valence electrons. The summed E-state index contributed by atoms with van der Waals surface area (Å²) in [7, 11) is 0. The molecule has 19 heavy (non-hydrogen) atoms. The van der Waals surface area contributed by atoms with E-state index in [-0.39, 0.29) is 0 Å². The van der Waals surface area contributed by atoms with Crippen molar-refractivity contribution in [1.29, 1.82) is 0 Å². The van der Waals surface area contributed by atoms with Crippen LogP contribution in [0.15, 0.2) is 22.7 Å². The molecule has 1 aromatic carbocycles. The van der Waals surface area contributed by atoms with Crippen LogP contribution in [-0.4, -0.2) is 44.2 Å². The first-order chi connectivity index (χ1) is 9.13. The van der Waals surface area contributed by atoms with Crippen LogP contribution in [0.2, 0.25) is 0 Å². The molecule has 0 heterocycles. The van der Waals surface area contributed by atoms with Crippen LogP contribution >= 0.6 is 15.9 Å². The third-order valence-corrected chi connectivity index (χ3v) is 3.48. The molecule has 1 unspecified atom stereocenters. The minimum atomic E-state index is -0.523. The van der Waals surface area contributed by atoms with Crippen LogP contribution in [0.3, 0.4) is 0 Å². The normalized spacial score (nSPS) is 12.4. The molecule has 0 saturated heterocycles. The van der Waals surface area contributed by atoms with E-state index in [1.165, 1.54) is 0 Å². The van der Waals surface area contributed by atoms with E-state index < -0.39 is 6.10 Å². The number of halogens is 1. The largest absolute Gasteiger partial charge is 0.389 e. The highest BCUT2D eigenvalue weighted by molar-refractivity contribution is 9.10. The molecule has 1 rings (SSSR count). The average molecular weight is 332 g/mol. The molecular weight excluding hydrogens is 310 g/mol. The van der Waals surface area contributed by atoms with Gasteiger partial charge in [-0.1, -0.05) is 15.9 Å². The van der Waals surface area contributed by atoms with Crippen LogP contribution in [0.5, 0.6) is 0 Å². The van der Waals surface area contributed by atoms with Crippen molar-refractivity contribution in [2.45, 2.75) is 20.0 Å². The van der Waals surface area contributed by atoms with Crippen molar-refractivity contribution >= 4 is 21.6 Å². The highest BCUT2D eigenvalue weighted by Crippen LogP contribution is 2.19. The third-order valence-electron chi connectivity index (χ3n) is 2.59. The first-order valence-electron chi connectivity index (χ1n) is 6.47. The predicted molar refractivity (Wildman–Crippen MR) is 80.7 cm³/mol. The number of ether oxygens (including phenoxy) is 2. The van der Waals surface area contributed by atoms with Crippen molar-refractivity contribution in [3.8, 4) is 0 Å². The number of hydrogen-bond donors (Lipinski definition) is 2. The lowest BCUT2D eigenvalue weighted by Crippen LogP contribution is -2.25. The zero-order chi connectivity index (χ0) is 14.1. The fourth-order valence-electron chi connectivity index (χ4n) is 1.53. The molecular formula is C14H22BrNO3. The van der Waals surface area contributed by atoms with Gasteiger partial charge in [-0.15, -0.1) is 0 Å². The highest BCUT2D eigenvalue weighted by atomic mass is 79.9. The van der Waals surface area contributed by atoms with Gasteiger partial charge in [-0.25, -0.2) is 0 Å². The molecule has 0 bridgehead atoms. The first-order valence-corrected chi connectivity index (χ1v) is 7.26. The summed E-state index contributed by atoms with van der Waals surface area (Å²) in [6.45, 7) is 6.54. The molecule has 1 atom stereocenters. The summed E-state index contributed by atoms with van der Waals surface area (Å²) in [4.78, 5) is 0. The van der Waals surface area contributed by atoms with Gasteiger partial charge in [-0.2, -0.15) is 0 Å². The van der Waals surface area contributed by atoms with Crippen LogP contribution in [-0.2, 0) is 9.47 Å². The van der Waals surface area contributed by atoms with Crippen LogP contribution in [0.4, 0.5) is 5.69 Å². The Morgan fingerprint density at radius 2 is 2.05 bits per heavy atom. The van der Waals surface area contributed by atoms with Gasteiger partial charge in [-0.3, -0.25) is 0 Å². The summed E-state index contributed by atoms with van der Waals surface area (Å²) < 4.78 is 11.5. The molecule has 0 aliphatic carbocycles. The van der Waals surface area contributed by atoms with Crippen molar-refractivity contribution in [1.82, 2.24) is 0 Å². The summed E-state index contributed by atoms with van der Waals surface area (Å²) in [5.74, 6) is 0. The molecule has 0 fully saturated rings. The second-order valence-electron chi connectivity index (χ2n) is 4.27. The zero-order valence-corrected chi connectivity index (χ0v) is 13.1. The van der Waals surface area contributed by atoms with E-state index in [9.17, 15) is 5.11 Å². The maximum absolute atomic E-state index is 9.75. The molecule has 5 heteroatoms. The van der Waals surface area contributed by atoms with Gasteiger partial charge in [0, 0.05) is 23.3 Å². The minimum Gasteiger partial charge on any atom is -0.389 e. The van der Waals surface area contributed by atoms with Crippen molar-refractivity contribution in [3.63, 3.8) is 0 Å². The molecule has 0 aromatic heterocycles. The molecule has 2 N–H and O–H groups in total. The Morgan fingerprint density at radius 3 is 2.74 bits per heavy atom. The van der Waals surface area contributed by atoms with E-state index in [1.807, 2.05) is 32.0 Å². The number of anilines is 1. The van der Waals surface area contributed by atoms with Crippen LogP contribution in [0, 0.1) is 6.92 Å². The molecule has 4 nitrogen and oxygen atoms in total. The van der Waals surface area contributed by atoms with Gasteiger partial charge in [0.1, 0.15) is 0 Å². The van der Waals surface area contributed by atoms with Crippen molar-refractivity contribution in [3.05, 3.63) is 28.2 Å². The van der Waals surface area contributed by atoms with Gasteiger partial charge in [-0.05, 0) is 37.6 Å². The van der Waals surface area contributed by atoms with Gasteiger partial charge in [0.2, 0.25) is 0 Å². The number of hydrogen-bond acceptors (Lipinski definition) is 4. The Kier molecular flexibility index (Phi) is 8.05. The standard InChI is InChI=1S/C14H22BrNO3/c1-3-18-6-7-19-10-13(17)9-16-12-4-5-14(15)11(2)8-12/h4-5,8,13,16-17H,3,6-7,9-10H2,1-2H3. The van der Waals surface area contributed by atoms with E-state index >= 15 is 0 Å². The first kappa shape index (κ1) is 16.4. The predicted octanol–water partition coefficient (Wildman–Crippen LogP) is 2.58. The Bertz CT molecular complexity index is 374. The molecule has 0 saturated carbocycles. The highest BCUT2D eigenvalue weighted by Gasteiger charge is 2.04. The minimum absolute atomic E-state index is 0.315. The Hall–Kier alpha value is -0.620. The van der Waals surface area contributed by atoms with E-state index in [1.54, 1.807) is 0 Å². The Labute approximate surface area is 123 Å². The monoisotopic (exact) mass is 331 g/mol. The van der Waals surface area contributed by atoms with Gasteiger partial charge in [0.15, 0.2) is 0 Å². The Morgan fingerprint density at radius 1 is 1.32 bits per heavy atom. The van der Waals surface area contributed by atoms with Crippen molar-refractivity contribution < 1.29 is 14.6 Å². The summed E-state index contributed by atoms with van der Waals surface area (Å²) in [5, 5.41) is 12.9. The number of aryl methyl sites for hydroxylation is 1. The number of nitrogens with one attached hydrogen (secondary N) is 1. The molecule has 0 spiro atoms. The number of benzene rings is 1. The van der Waals surface area contributed by atoms with Crippen LogP contribution < -0.4 is 5.32 Å². The molecule has 0 aliphatic heterocycles. The number of rotatable bonds is 9. The van der Waals surface area contributed by atoms with Crippen LogP contribution in [0.1, 0.15) is 12.5 Å². The van der Waals surface area contributed by atoms with Crippen molar-refractivity contribution in [2.75, 3.05) is 38.3 Å². The van der Waals surface area contributed by atoms with Gasteiger partial charge < -0.3 is 19.9 Å². The van der Waals surface area contributed by atoms with E-state index in [0.29, 0.717) is 33.0 Å². The Balaban J connectivity index is 2.18. The van der Waals surface area contributed by atoms with E-state index in [0.717, 1.165) is 15.7 Å². The number of aliphatic hydroxyl groups excluding tert-OH is 1. The fourth-order valence-corrected chi connectivity index (χ4v) is 1.78. The van der Waals surface area contributed by atoms with Gasteiger partial charge in [0.25, 0.3) is 0 Å². The lowest BCUT2D eigenvalue weighted by molar-refractivity contribution is 0.0103. The summed E-state index contributed by atoms with van der Waals surface area (Å²) in [6, 6.07) is 6.00. The smallest absolute Gasteiger partial charge is 0.0945 e. The third kappa shape index (κ3) is 6.92. The molecule has 0 aliphatic rings. The van der Waals surface area contributed by atoms with E-state index in [4.69, 9.17) is 9.47 Å².